The minimum absolute atomic E-state index is 0.179. The van der Waals surface area contributed by atoms with Gasteiger partial charge in [0.05, 0.1) is 6.04 Å². The number of hydrogen-bond acceptors (Lipinski definition) is 5. The van der Waals surface area contributed by atoms with Crippen LogP contribution in [0.5, 0.6) is 5.75 Å². The first-order valence-corrected chi connectivity index (χ1v) is 13.4. The van der Waals surface area contributed by atoms with Gasteiger partial charge in [-0.2, -0.15) is 0 Å². The predicted molar refractivity (Wildman–Crippen MR) is 141 cm³/mol. The molecule has 0 unspecified atom stereocenters. The van der Waals surface area contributed by atoms with Crippen LogP contribution in [-0.2, 0) is 14.4 Å². The number of carbonyl (C=O) groups excluding carboxylic acids is 3. The fourth-order valence-corrected chi connectivity index (χ4v) is 4.93. The van der Waals surface area contributed by atoms with Crippen LogP contribution in [0.25, 0.3) is 6.08 Å². The van der Waals surface area contributed by atoms with E-state index in [1.54, 1.807) is 0 Å². The molecule has 3 amide bonds. The second kappa shape index (κ2) is 13.4. The van der Waals surface area contributed by atoms with Crippen LogP contribution in [0, 0.1) is 5.92 Å². The van der Waals surface area contributed by atoms with Crippen molar-refractivity contribution in [3.63, 3.8) is 0 Å². The third kappa shape index (κ3) is 7.56. The molecule has 1 aliphatic heterocycles. The predicted octanol–water partition coefficient (Wildman–Crippen LogP) is 2.93. The van der Waals surface area contributed by atoms with Gasteiger partial charge in [0.1, 0.15) is 23.9 Å². The van der Waals surface area contributed by atoms with Crippen molar-refractivity contribution in [3.05, 3.63) is 35.9 Å². The fourth-order valence-electron chi connectivity index (χ4n) is 4.93. The lowest BCUT2D eigenvalue weighted by atomic mass is 9.93. The molecule has 2 atom stereocenters. The quantitative estimate of drug-likeness (QED) is 0.511. The average Bonchev–Trinajstić information content (AvgIpc) is 3.33. The van der Waals surface area contributed by atoms with Crippen LogP contribution in [0.3, 0.4) is 0 Å². The van der Waals surface area contributed by atoms with E-state index >= 15 is 0 Å². The maximum Gasteiger partial charge on any atom is 0.246 e. The van der Waals surface area contributed by atoms with E-state index < -0.39 is 17.6 Å². The molecule has 0 radical (unpaired) electrons. The van der Waals surface area contributed by atoms with Crippen LogP contribution in [0.1, 0.15) is 71.3 Å². The molecule has 3 rings (SSSR count). The van der Waals surface area contributed by atoms with E-state index in [-0.39, 0.29) is 17.7 Å². The Hall–Kier alpha value is -2.87. The third-order valence-electron chi connectivity index (χ3n) is 6.84. The zero-order valence-electron chi connectivity index (χ0n) is 21.9. The van der Waals surface area contributed by atoms with Gasteiger partial charge in [-0.25, -0.2) is 0 Å². The van der Waals surface area contributed by atoms with Crippen molar-refractivity contribution in [1.82, 2.24) is 21.3 Å². The lowest BCUT2D eigenvalue weighted by Crippen LogP contribution is -2.63. The van der Waals surface area contributed by atoms with Crippen LogP contribution in [0.4, 0.5) is 0 Å². The molecule has 0 aromatic heterocycles. The number of fused-ring (bicyclic) bond motifs is 1. The van der Waals surface area contributed by atoms with Gasteiger partial charge in [-0.05, 0) is 37.7 Å². The Morgan fingerprint density at radius 1 is 1.06 bits per heavy atom. The van der Waals surface area contributed by atoms with E-state index in [0.717, 1.165) is 30.6 Å². The molecule has 36 heavy (non-hydrogen) atoms. The SMILES string of the molecule is CCC[C@@H]1NC(=O)C2(CCCC2)NC(=O)[C@H](CC(C)C)NCCOc2ccccc2/C=C\CNC1=O. The monoisotopic (exact) mass is 498 g/mol. The Morgan fingerprint density at radius 2 is 1.81 bits per heavy atom. The first-order chi connectivity index (χ1) is 17.3. The molecule has 1 spiro atoms. The van der Waals surface area contributed by atoms with Crippen molar-refractivity contribution in [2.24, 2.45) is 5.92 Å². The van der Waals surface area contributed by atoms with E-state index in [2.05, 4.69) is 35.1 Å². The summed E-state index contributed by atoms with van der Waals surface area (Å²) in [5.74, 6) is 0.373. The molecule has 1 fully saturated rings. The van der Waals surface area contributed by atoms with E-state index in [1.165, 1.54) is 0 Å². The van der Waals surface area contributed by atoms with Crippen molar-refractivity contribution in [2.75, 3.05) is 19.7 Å². The molecule has 8 heteroatoms. The summed E-state index contributed by atoms with van der Waals surface area (Å²) < 4.78 is 6.01. The normalized spacial score (nSPS) is 24.6. The first kappa shape index (κ1) is 27.7. The molecule has 4 N–H and O–H groups in total. The van der Waals surface area contributed by atoms with Crippen LogP contribution >= 0.6 is 0 Å². The van der Waals surface area contributed by atoms with Crippen LogP contribution < -0.4 is 26.0 Å². The van der Waals surface area contributed by atoms with E-state index in [1.807, 2.05) is 43.3 Å². The fraction of sp³-hybridized carbons (Fsp3) is 0.607. The molecule has 1 heterocycles. The second-order valence-corrected chi connectivity index (χ2v) is 10.3. The Balaban J connectivity index is 1.87. The highest BCUT2D eigenvalue weighted by atomic mass is 16.5. The Morgan fingerprint density at radius 3 is 2.53 bits per heavy atom. The molecular weight excluding hydrogens is 456 g/mol. The second-order valence-electron chi connectivity index (χ2n) is 10.3. The standard InChI is InChI=1S/C28H42N4O4/c1-4-10-22-25(33)30-16-9-12-21-11-5-6-13-24(21)36-18-17-29-23(19-20(2)3)26(34)32-28(27(35)31-22)14-7-8-15-28/h5-6,9,11-13,20,22-23,29H,4,7-8,10,14-19H2,1-3H3,(H,30,33)(H,31,35)(H,32,34)/b12-9-/t22-,23-/m0/s1. The minimum Gasteiger partial charge on any atom is -0.492 e. The van der Waals surface area contributed by atoms with Crippen LogP contribution in [0.2, 0.25) is 0 Å². The highest BCUT2D eigenvalue weighted by Crippen LogP contribution is 2.30. The minimum atomic E-state index is -0.985. The zero-order chi connectivity index (χ0) is 26.0. The summed E-state index contributed by atoms with van der Waals surface area (Å²) in [6.45, 7) is 7.36. The average molecular weight is 499 g/mol. The van der Waals surface area contributed by atoms with Crippen molar-refractivity contribution in [1.29, 1.82) is 0 Å². The molecule has 0 saturated heterocycles. The van der Waals surface area contributed by atoms with Crippen LogP contribution in [0.15, 0.2) is 30.3 Å². The summed E-state index contributed by atoms with van der Waals surface area (Å²) in [5, 5.41) is 12.3. The highest BCUT2D eigenvalue weighted by Gasteiger charge is 2.44. The molecule has 1 aromatic carbocycles. The van der Waals surface area contributed by atoms with Gasteiger partial charge in [0.15, 0.2) is 0 Å². The first-order valence-electron chi connectivity index (χ1n) is 13.4. The van der Waals surface area contributed by atoms with Gasteiger partial charge >= 0.3 is 0 Å². The van der Waals surface area contributed by atoms with Crippen molar-refractivity contribution >= 4 is 23.8 Å². The van der Waals surface area contributed by atoms with E-state index in [4.69, 9.17) is 4.74 Å². The smallest absolute Gasteiger partial charge is 0.246 e. The molecule has 198 valence electrons. The maximum absolute atomic E-state index is 13.5. The lowest BCUT2D eigenvalue weighted by Gasteiger charge is -2.33. The number of ether oxygens (including phenoxy) is 1. The van der Waals surface area contributed by atoms with Gasteiger partial charge in [0.2, 0.25) is 17.7 Å². The van der Waals surface area contributed by atoms with Crippen LogP contribution in [-0.4, -0.2) is 55.0 Å². The lowest BCUT2D eigenvalue weighted by molar-refractivity contribution is -0.136. The Labute approximate surface area is 215 Å². The van der Waals surface area contributed by atoms with E-state index in [0.29, 0.717) is 51.3 Å². The van der Waals surface area contributed by atoms with Gasteiger partial charge in [0.25, 0.3) is 0 Å². The molecule has 8 nitrogen and oxygen atoms in total. The van der Waals surface area contributed by atoms with Gasteiger partial charge in [-0.1, -0.05) is 70.4 Å². The van der Waals surface area contributed by atoms with Gasteiger partial charge in [-0.15, -0.1) is 0 Å². The number of benzene rings is 1. The summed E-state index contributed by atoms with van der Waals surface area (Å²) in [4.78, 5) is 39.9. The molecule has 2 aliphatic rings. The largest absolute Gasteiger partial charge is 0.492 e. The molecule has 1 aliphatic carbocycles. The van der Waals surface area contributed by atoms with Crippen molar-refractivity contribution in [2.45, 2.75) is 83.3 Å². The van der Waals surface area contributed by atoms with Gasteiger partial charge in [-0.3, -0.25) is 14.4 Å². The van der Waals surface area contributed by atoms with Gasteiger partial charge < -0.3 is 26.0 Å². The number of rotatable bonds is 4. The highest BCUT2D eigenvalue weighted by molar-refractivity contribution is 5.96. The summed E-state index contributed by atoms with van der Waals surface area (Å²) >= 11 is 0. The maximum atomic E-state index is 13.5. The number of hydrogen-bond donors (Lipinski definition) is 4. The number of nitrogens with one attached hydrogen (secondary N) is 4. The topological polar surface area (TPSA) is 109 Å². The molecular formula is C28H42N4O4. The Kier molecular flexibility index (Phi) is 10.3. The molecule has 1 aromatic rings. The molecule has 0 bridgehead atoms. The van der Waals surface area contributed by atoms with E-state index in [9.17, 15) is 14.4 Å². The number of carbonyl (C=O) groups is 3. The summed E-state index contributed by atoms with van der Waals surface area (Å²) in [6, 6.07) is 6.62. The van der Waals surface area contributed by atoms with Gasteiger partial charge in [0, 0.05) is 18.7 Å². The van der Waals surface area contributed by atoms with Crippen molar-refractivity contribution in [3.8, 4) is 5.75 Å². The summed E-state index contributed by atoms with van der Waals surface area (Å²) in [6.07, 6.45) is 8.58. The number of amides is 3. The summed E-state index contributed by atoms with van der Waals surface area (Å²) in [7, 11) is 0. The Bertz CT molecular complexity index is 924. The number of para-hydroxylation sites is 1. The molecule has 1 saturated carbocycles. The zero-order valence-corrected chi connectivity index (χ0v) is 21.9. The summed E-state index contributed by atoms with van der Waals surface area (Å²) in [5.41, 5.74) is -0.0768. The van der Waals surface area contributed by atoms with Crippen molar-refractivity contribution < 1.29 is 19.1 Å². The third-order valence-corrected chi connectivity index (χ3v) is 6.84.